The summed E-state index contributed by atoms with van der Waals surface area (Å²) in [5.74, 6) is 0.653. The molecule has 1 heterocycles. The number of rotatable bonds is 1. The van der Waals surface area contributed by atoms with Crippen LogP contribution in [0.4, 0.5) is 13.2 Å². The number of hydrogen-bond donors (Lipinski definition) is 0. The zero-order valence-electron chi connectivity index (χ0n) is 8.93. The average Bonchev–Trinajstić information content (AvgIpc) is 2.58. The van der Waals surface area contributed by atoms with Gasteiger partial charge in [-0.3, -0.25) is 0 Å². The van der Waals surface area contributed by atoms with E-state index in [-0.39, 0.29) is 11.5 Å². The van der Waals surface area contributed by atoms with Crippen molar-refractivity contribution in [3.63, 3.8) is 0 Å². The fraction of sp³-hybridized carbons (Fsp3) is 0.333. The largest absolute Gasteiger partial charge is 0.460 e. The molecule has 0 spiro atoms. The molecule has 0 bridgehead atoms. The number of halogens is 3. The normalized spacial score (nSPS) is 12.6. The van der Waals surface area contributed by atoms with E-state index in [1.165, 1.54) is 6.07 Å². The molecule has 1 nitrogen and oxygen atoms in total. The molecule has 2 rings (SSSR count). The zero-order valence-corrected chi connectivity index (χ0v) is 8.93. The molecule has 1 aromatic carbocycles. The van der Waals surface area contributed by atoms with Gasteiger partial charge < -0.3 is 4.42 Å². The van der Waals surface area contributed by atoms with E-state index in [2.05, 4.69) is 0 Å². The summed E-state index contributed by atoms with van der Waals surface area (Å²) in [6, 6.07) is 5.72. The molecule has 0 aliphatic rings. The summed E-state index contributed by atoms with van der Waals surface area (Å²) in [7, 11) is 0. The molecule has 0 amide bonds. The van der Waals surface area contributed by atoms with E-state index in [0.717, 1.165) is 6.07 Å². The van der Waals surface area contributed by atoms with Crippen molar-refractivity contribution in [2.75, 3.05) is 0 Å². The molecule has 0 aliphatic carbocycles. The van der Waals surface area contributed by atoms with Gasteiger partial charge >= 0.3 is 6.18 Å². The van der Waals surface area contributed by atoms with Crippen molar-refractivity contribution < 1.29 is 17.6 Å². The Morgan fingerprint density at radius 3 is 2.44 bits per heavy atom. The van der Waals surface area contributed by atoms with Gasteiger partial charge in [-0.05, 0) is 12.1 Å². The molecule has 0 atom stereocenters. The van der Waals surface area contributed by atoms with Crippen LogP contribution in [0.25, 0.3) is 11.0 Å². The van der Waals surface area contributed by atoms with Crippen LogP contribution >= 0.6 is 0 Å². The van der Waals surface area contributed by atoms with Crippen LogP contribution in [0.2, 0.25) is 0 Å². The summed E-state index contributed by atoms with van der Waals surface area (Å²) in [5, 5.41) is 0.499. The van der Waals surface area contributed by atoms with Crippen LogP contribution in [0, 0.1) is 0 Å². The van der Waals surface area contributed by atoms with E-state index < -0.39 is 11.7 Å². The Morgan fingerprint density at radius 1 is 1.19 bits per heavy atom. The minimum Gasteiger partial charge on any atom is -0.460 e. The standard InChI is InChI=1S/C12H11F3O/c1-7(2)10-6-8-4-3-5-9(11(8)16-10)12(13,14)15/h3-7H,1-2H3. The number of para-hydroxylation sites is 1. The number of hydrogen-bond acceptors (Lipinski definition) is 1. The molecule has 86 valence electrons. The first-order chi connectivity index (χ1) is 7.39. The van der Waals surface area contributed by atoms with Gasteiger partial charge in [0.2, 0.25) is 0 Å². The number of furan rings is 1. The summed E-state index contributed by atoms with van der Waals surface area (Å²) in [6.07, 6.45) is -4.37. The van der Waals surface area contributed by atoms with Crippen LogP contribution in [0.3, 0.4) is 0 Å². The van der Waals surface area contributed by atoms with Crippen LogP contribution in [-0.4, -0.2) is 0 Å². The molecular formula is C12H11F3O. The van der Waals surface area contributed by atoms with E-state index in [1.807, 2.05) is 13.8 Å². The van der Waals surface area contributed by atoms with Crippen molar-refractivity contribution in [1.82, 2.24) is 0 Å². The van der Waals surface area contributed by atoms with Crippen molar-refractivity contribution in [1.29, 1.82) is 0 Å². The van der Waals surface area contributed by atoms with Gasteiger partial charge in [0.05, 0.1) is 5.56 Å². The summed E-state index contributed by atoms with van der Waals surface area (Å²) in [4.78, 5) is 0. The molecule has 0 radical (unpaired) electrons. The first-order valence-electron chi connectivity index (χ1n) is 4.99. The van der Waals surface area contributed by atoms with E-state index >= 15 is 0 Å². The first kappa shape index (κ1) is 11.0. The molecule has 0 aliphatic heterocycles. The highest BCUT2D eigenvalue weighted by Crippen LogP contribution is 2.36. The predicted molar refractivity (Wildman–Crippen MR) is 55.3 cm³/mol. The topological polar surface area (TPSA) is 13.1 Å². The van der Waals surface area contributed by atoms with Gasteiger partial charge in [0.25, 0.3) is 0 Å². The monoisotopic (exact) mass is 228 g/mol. The molecule has 0 fully saturated rings. The third-order valence-corrected chi connectivity index (χ3v) is 2.44. The Kier molecular flexibility index (Phi) is 2.45. The van der Waals surface area contributed by atoms with Gasteiger partial charge in [0, 0.05) is 11.3 Å². The summed E-state index contributed by atoms with van der Waals surface area (Å²) < 4.78 is 43.3. The summed E-state index contributed by atoms with van der Waals surface area (Å²) in [6.45, 7) is 3.76. The van der Waals surface area contributed by atoms with E-state index in [9.17, 15) is 13.2 Å². The fourth-order valence-corrected chi connectivity index (χ4v) is 1.59. The maximum atomic E-state index is 12.7. The number of fused-ring (bicyclic) bond motifs is 1. The Balaban J connectivity index is 2.68. The average molecular weight is 228 g/mol. The predicted octanol–water partition coefficient (Wildman–Crippen LogP) is 4.58. The van der Waals surface area contributed by atoms with Gasteiger partial charge in [0.15, 0.2) is 0 Å². The van der Waals surface area contributed by atoms with Crippen LogP contribution in [0.1, 0.15) is 31.1 Å². The lowest BCUT2D eigenvalue weighted by Gasteiger charge is -2.06. The Labute approximate surface area is 90.9 Å². The highest BCUT2D eigenvalue weighted by molar-refractivity contribution is 5.81. The van der Waals surface area contributed by atoms with E-state index in [0.29, 0.717) is 11.1 Å². The van der Waals surface area contributed by atoms with E-state index in [4.69, 9.17) is 4.42 Å². The van der Waals surface area contributed by atoms with Crippen molar-refractivity contribution >= 4 is 11.0 Å². The van der Waals surface area contributed by atoms with Crippen molar-refractivity contribution in [3.05, 3.63) is 35.6 Å². The summed E-state index contributed by atoms with van der Waals surface area (Å²) >= 11 is 0. The van der Waals surface area contributed by atoms with Crippen LogP contribution in [0.5, 0.6) is 0 Å². The van der Waals surface area contributed by atoms with Gasteiger partial charge in [-0.15, -0.1) is 0 Å². The van der Waals surface area contributed by atoms with Crippen molar-refractivity contribution in [2.24, 2.45) is 0 Å². The van der Waals surface area contributed by atoms with Gasteiger partial charge in [0.1, 0.15) is 11.3 Å². The quantitative estimate of drug-likeness (QED) is 0.696. The molecule has 0 saturated heterocycles. The highest BCUT2D eigenvalue weighted by atomic mass is 19.4. The maximum absolute atomic E-state index is 12.7. The van der Waals surface area contributed by atoms with Crippen LogP contribution < -0.4 is 0 Å². The second-order valence-corrected chi connectivity index (χ2v) is 4.03. The van der Waals surface area contributed by atoms with E-state index in [1.54, 1.807) is 12.1 Å². The maximum Gasteiger partial charge on any atom is 0.420 e. The third-order valence-electron chi connectivity index (χ3n) is 2.44. The second kappa shape index (κ2) is 3.54. The SMILES string of the molecule is CC(C)c1cc2cccc(C(F)(F)F)c2o1. The third kappa shape index (κ3) is 1.79. The Bertz CT molecular complexity index is 508. The molecule has 0 unspecified atom stereocenters. The second-order valence-electron chi connectivity index (χ2n) is 4.03. The number of alkyl halides is 3. The van der Waals surface area contributed by atoms with Crippen LogP contribution in [0.15, 0.2) is 28.7 Å². The number of benzene rings is 1. The molecule has 2 aromatic rings. The zero-order chi connectivity index (χ0) is 11.9. The molecule has 1 aromatic heterocycles. The van der Waals surface area contributed by atoms with Crippen LogP contribution in [-0.2, 0) is 6.18 Å². The highest BCUT2D eigenvalue weighted by Gasteiger charge is 2.34. The lowest BCUT2D eigenvalue weighted by atomic mass is 10.1. The Hall–Kier alpha value is -1.45. The molecule has 4 heteroatoms. The molecular weight excluding hydrogens is 217 g/mol. The van der Waals surface area contributed by atoms with Gasteiger partial charge in [-0.1, -0.05) is 26.0 Å². The van der Waals surface area contributed by atoms with Crippen molar-refractivity contribution in [3.8, 4) is 0 Å². The fourth-order valence-electron chi connectivity index (χ4n) is 1.59. The first-order valence-corrected chi connectivity index (χ1v) is 4.99. The smallest absolute Gasteiger partial charge is 0.420 e. The minimum absolute atomic E-state index is 0.0706. The van der Waals surface area contributed by atoms with Crippen molar-refractivity contribution in [2.45, 2.75) is 25.9 Å². The van der Waals surface area contributed by atoms with Gasteiger partial charge in [-0.2, -0.15) is 13.2 Å². The Morgan fingerprint density at radius 2 is 1.88 bits per heavy atom. The minimum atomic E-state index is -4.37. The van der Waals surface area contributed by atoms with Gasteiger partial charge in [-0.25, -0.2) is 0 Å². The lowest BCUT2D eigenvalue weighted by molar-refractivity contribution is -0.136. The lowest BCUT2D eigenvalue weighted by Crippen LogP contribution is -2.04. The molecule has 0 N–H and O–H groups in total. The summed E-state index contributed by atoms with van der Waals surface area (Å²) in [5.41, 5.74) is -0.782. The molecule has 16 heavy (non-hydrogen) atoms. The molecule has 0 saturated carbocycles.